The lowest BCUT2D eigenvalue weighted by Gasteiger charge is -2.49. The Morgan fingerprint density at radius 2 is 0.968 bits per heavy atom. The van der Waals surface area contributed by atoms with Gasteiger partial charge in [0, 0.05) is 44.7 Å². The lowest BCUT2D eigenvalue weighted by molar-refractivity contribution is 0.264. The predicted octanol–water partition coefficient (Wildman–Crippen LogP) is 14.7. The third-order valence-corrected chi connectivity index (χ3v) is 14.1. The maximum absolute atomic E-state index is 7.04. The fourth-order valence-electron chi connectivity index (χ4n) is 11.3. The molecule has 1 aromatic heterocycles. The zero-order chi connectivity index (χ0) is 41.7. The van der Waals surface area contributed by atoms with E-state index in [9.17, 15) is 0 Å². The Bertz CT molecular complexity index is 3540. The van der Waals surface area contributed by atoms with Gasteiger partial charge in [0.25, 0.3) is 0 Å². The zero-order valence-electron chi connectivity index (χ0n) is 34.5. The van der Waals surface area contributed by atoms with Crippen LogP contribution in [0.1, 0.15) is 35.1 Å². The van der Waals surface area contributed by atoms with E-state index in [1.54, 1.807) is 0 Å². The van der Waals surface area contributed by atoms with Crippen LogP contribution in [0.5, 0.6) is 11.5 Å². The van der Waals surface area contributed by atoms with Crippen LogP contribution in [0.2, 0.25) is 0 Å². The Kier molecular flexibility index (Phi) is 7.68. The quantitative estimate of drug-likeness (QED) is 0.166. The highest BCUT2D eigenvalue weighted by atomic mass is 16.5. The van der Waals surface area contributed by atoms with Crippen LogP contribution in [-0.4, -0.2) is 15.0 Å². The van der Waals surface area contributed by atoms with E-state index in [0.29, 0.717) is 17.5 Å². The van der Waals surface area contributed by atoms with Crippen LogP contribution >= 0.6 is 0 Å². The molecule has 3 unspecified atom stereocenters. The highest BCUT2D eigenvalue weighted by Crippen LogP contribution is 2.70. The number of rotatable bonds is 4. The number of fused-ring (bicyclic) bond motifs is 15. The van der Waals surface area contributed by atoms with Crippen LogP contribution < -0.4 is 4.74 Å². The molecule has 63 heavy (non-hydrogen) atoms. The predicted molar refractivity (Wildman–Crippen MR) is 256 cm³/mol. The highest BCUT2D eigenvalue weighted by molar-refractivity contribution is 6.25. The van der Waals surface area contributed by atoms with E-state index < -0.39 is 5.41 Å². The van der Waals surface area contributed by atoms with Crippen molar-refractivity contribution in [1.29, 1.82) is 0 Å². The number of ether oxygens (including phenoxy) is 1. The molecule has 0 fully saturated rings. The molecule has 0 bridgehead atoms. The van der Waals surface area contributed by atoms with Gasteiger partial charge in [0.15, 0.2) is 17.5 Å². The van der Waals surface area contributed by atoms with E-state index in [4.69, 9.17) is 19.7 Å². The molecule has 0 N–H and O–H groups in total. The van der Waals surface area contributed by atoms with Gasteiger partial charge in [-0.2, -0.15) is 0 Å². The Hall–Kier alpha value is -7.95. The molecule has 1 spiro atoms. The fraction of sp³-hybridized carbons (Fsp3) is 0.0678. The molecule has 0 radical (unpaired) electrons. The second-order valence-corrected chi connectivity index (χ2v) is 17.2. The number of nitrogens with zero attached hydrogens (tertiary/aromatic N) is 3. The molecule has 9 aromatic carbocycles. The van der Waals surface area contributed by atoms with E-state index in [-0.39, 0.29) is 11.3 Å². The summed E-state index contributed by atoms with van der Waals surface area (Å²) in [5, 5.41) is 7.31. The molecule has 3 atom stereocenters. The van der Waals surface area contributed by atoms with Gasteiger partial charge >= 0.3 is 0 Å². The van der Waals surface area contributed by atoms with Gasteiger partial charge in [-0.1, -0.05) is 207 Å². The summed E-state index contributed by atoms with van der Waals surface area (Å²) in [6.07, 6.45) is 9.24. The minimum Gasteiger partial charge on any atom is -0.456 e. The number of para-hydroxylation sites is 2. The molecule has 2 aliphatic carbocycles. The first kappa shape index (κ1) is 35.8. The van der Waals surface area contributed by atoms with Gasteiger partial charge in [-0.15, -0.1) is 0 Å². The lowest BCUT2D eigenvalue weighted by Crippen LogP contribution is -2.45. The van der Waals surface area contributed by atoms with Crippen LogP contribution in [0.3, 0.4) is 0 Å². The van der Waals surface area contributed by atoms with Crippen molar-refractivity contribution in [2.45, 2.75) is 18.3 Å². The van der Waals surface area contributed by atoms with Gasteiger partial charge in [0.2, 0.25) is 0 Å². The number of hydrogen-bond acceptors (Lipinski definition) is 4. The minimum absolute atomic E-state index is 0.223. The van der Waals surface area contributed by atoms with Gasteiger partial charge in [-0.3, -0.25) is 0 Å². The second-order valence-electron chi connectivity index (χ2n) is 17.2. The Morgan fingerprint density at radius 3 is 1.70 bits per heavy atom. The van der Waals surface area contributed by atoms with Crippen molar-refractivity contribution in [2.75, 3.05) is 0 Å². The standard InChI is InChI=1S/C59H39N3O/c1-58-35-14-13-24-49(58)47-22-9-10-25-50(47)59(58)51-26-11-12-28-53(51)63-54-41(23-15-27-52(54)59)37-29-31-39(32-30-37)56-60-55(38-16-3-2-4-17-38)61-57(62-56)40-33-34-46-44-20-6-5-18-42(44)43-19-7-8-21-45(43)48(46)36-40/h2-36,49H,1H3. The number of allylic oxidation sites excluding steroid dienone is 4. The van der Waals surface area contributed by atoms with Gasteiger partial charge < -0.3 is 4.74 Å². The molecule has 3 aliphatic rings. The second kappa shape index (κ2) is 13.5. The van der Waals surface area contributed by atoms with Crippen molar-refractivity contribution < 1.29 is 4.74 Å². The molecule has 4 nitrogen and oxygen atoms in total. The van der Waals surface area contributed by atoms with Gasteiger partial charge in [-0.25, -0.2) is 15.0 Å². The average Bonchev–Trinajstić information content (AvgIpc) is 3.58. The van der Waals surface area contributed by atoms with Crippen LogP contribution in [0, 0.1) is 5.41 Å². The largest absolute Gasteiger partial charge is 0.456 e. The maximum Gasteiger partial charge on any atom is 0.164 e. The van der Waals surface area contributed by atoms with Gasteiger partial charge in [0.05, 0.1) is 5.41 Å². The summed E-state index contributed by atoms with van der Waals surface area (Å²) in [7, 11) is 0. The zero-order valence-corrected chi connectivity index (χ0v) is 34.5. The van der Waals surface area contributed by atoms with E-state index >= 15 is 0 Å². The molecular formula is C59H39N3O. The van der Waals surface area contributed by atoms with Crippen molar-refractivity contribution >= 4 is 32.3 Å². The van der Waals surface area contributed by atoms with Crippen molar-refractivity contribution in [3.8, 4) is 56.8 Å². The van der Waals surface area contributed by atoms with Crippen molar-refractivity contribution in [3.05, 3.63) is 235 Å². The third-order valence-electron chi connectivity index (χ3n) is 14.1. The first-order chi connectivity index (χ1) is 31.1. The monoisotopic (exact) mass is 805 g/mol. The Labute approximate surface area is 365 Å². The molecule has 296 valence electrons. The Morgan fingerprint density at radius 1 is 0.429 bits per heavy atom. The lowest BCUT2D eigenvalue weighted by atomic mass is 9.53. The van der Waals surface area contributed by atoms with Crippen molar-refractivity contribution in [3.63, 3.8) is 0 Å². The van der Waals surface area contributed by atoms with Crippen LogP contribution in [0.25, 0.3) is 77.6 Å². The minimum atomic E-state index is -0.465. The topological polar surface area (TPSA) is 47.9 Å². The molecule has 0 saturated heterocycles. The summed E-state index contributed by atoms with van der Waals surface area (Å²) in [6, 6.07) is 67.1. The van der Waals surface area contributed by atoms with Crippen LogP contribution in [-0.2, 0) is 5.41 Å². The first-order valence-corrected chi connectivity index (χ1v) is 21.7. The van der Waals surface area contributed by atoms with E-state index in [1.165, 1.54) is 54.6 Å². The molecule has 0 amide bonds. The molecule has 4 heteroatoms. The summed E-state index contributed by atoms with van der Waals surface area (Å²) in [5.41, 5.74) is 9.26. The molecule has 1 aliphatic heterocycles. The summed E-state index contributed by atoms with van der Waals surface area (Å²) in [5.74, 6) is 3.90. The first-order valence-electron chi connectivity index (χ1n) is 21.7. The molecule has 13 rings (SSSR count). The van der Waals surface area contributed by atoms with Crippen molar-refractivity contribution in [2.24, 2.45) is 5.41 Å². The fourth-order valence-corrected chi connectivity index (χ4v) is 11.3. The normalized spacial score (nSPS) is 19.2. The summed E-state index contributed by atoms with van der Waals surface area (Å²) >= 11 is 0. The van der Waals surface area contributed by atoms with Gasteiger partial charge in [0.1, 0.15) is 11.5 Å². The van der Waals surface area contributed by atoms with Crippen LogP contribution in [0.4, 0.5) is 0 Å². The van der Waals surface area contributed by atoms with E-state index in [0.717, 1.165) is 39.3 Å². The van der Waals surface area contributed by atoms with E-state index in [2.05, 4.69) is 201 Å². The Balaban J connectivity index is 0.954. The van der Waals surface area contributed by atoms with Gasteiger partial charge in [-0.05, 0) is 61.1 Å². The summed E-state index contributed by atoms with van der Waals surface area (Å²) in [6.45, 7) is 2.43. The summed E-state index contributed by atoms with van der Waals surface area (Å²) < 4.78 is 7.04. The summed E-state index contributed by atoms with van der Waals surface area (Å²) in [4.78, 5) is 15.4. The van der Waals surface area contributed by atoms with E-state index in [1.807, 2.05) is 18.2 Å². The SMILES string of the molecule is CC12C=CC=CC1c1ccccc1C21c2ccccc2Oc2c(-c3ccc(-c4nc(-c5ccccc5)nc(-c5ccc6c7ccccc7c7ccccc7c6c5)n4)cc3)cccc21. The number of benzene rings is 9. The molecule has 2 heterocycles. The van der Waals surface area contributed by atoms with Crippen LogP contribution in [0.15, 0.2) is 212 Å². The molecular weight excluding hydrogens is 767 g/mol. The highest BCUT2D eigenvalue weighted by Gasteiger charge is 2.63. The average molecular weight is 806 g/mol. The van der Waals surface area contributed by atoms with Crippen molar-refractivity contribution in [1.82, 2.24) is 15.0 Å². The number of hydrogen-bond donors (Lipinski definition) is 0. The number of aromatic nitrogens is 3. The third kappa shape index (κ3) is 5.06. The molecule has 0 saturated carbocycles. The molecule has 10 aromatic rings. The smallest absolute Gasteiger partial charge is 0.164 e. The maximum atomic E-state index is 7.04.